The lowest BCUT2D eigenvalue weighted by Crippen LogP contribution is -2.14. The fraction of sp³-hybridized carbons (Fsp3) is 0. The summed E-state index contributed by atoms with van der Waals surface area (Å²) in [6.45, 7) is 9.65. The van der Waals surface area contributed by atoms with Crippen LogP contribution in [0, 0.1) is 17.9 Å². The van der Waals surface area contributed by atoms with Crippen molar-refractivity contribution in [3.8, 4) is 28.8 Å². The van der Waals surface area contributed by atoms with Crippen LogP contribution in [0.1, 0.15) is 5.56 Å². The minimum Gasteiger partial charge on any atom is -0.456 e. The molecule has 5 heterocycles. The molecule has 0 aliphatic heterocycles. The highest BCUT2D eigenvalue weighted by Crippen LogP contribution is 2.52. The maximum Gasteiger partial charge on any atom is 0.237 e. The van der Waals surface area contributed by atoms with E-state index in [-0.39, 0.29) is 0 Å². The summed E-state index contributed by atoms with van der Waals surface area (Å²) in [4.78, 5) is 4.70. The Balaban J connectivity index is 1.27. The SMILES string of the molecule is [C-]#[N+]c1c(-n2c3ccccc3c3cc4c(cc32)oc2ccccc24)c(C#N)c(-n2c3ccccc3c3ccccc32)c(-n2c3ccccc3c3ccccc32)c1-n1c2ccccc2c2ccccc21. The van der Waals surface area contributed by atoms with Crippen molar-refractivity contribution in [3.63, 3.8) is 0 Å². The van der Waals surface area contributed by atoms with Crippen LogP contribution in [-0.4, -0.2) is 18.3 Å². The molecule has 0 atom stereocenters. The lowest BCUT2D eigenvalue weighted by Gasteiger charge is -2.27. The first-order chi connectivity index (χ1) is 34.2. The molecule has 0 saturated heterocycles. The summed E-state index contributed by atoms with van der Waals surface area (Å²) in [5, 5.41) is 22.8. The van der Waals surface area contributed by atoms with E-state index in [1.54, 1.807) is 0 Å². The molecule has 7 nitrogen and oxygen atoms in total. The lowest BCUT2D eigenvalue weighted by atomic mass is 10.0. The lowest BCUT2D eigenvalue weighted by molar-refractivity contribution is 0.669. The molecule has 7 heteroatoms. The van der Waals surface area contributed by atoms with Gasteiger partial charge in [-0.3, -0.25) is 0 Å². The molecule has 0 saturated carbocycles. The molecule has 0 N–H and O–H groups in total. The minimum atomic E-state index is 0.340. The van der Waals surface area contributed by atoms with E-state index in [0.29, 0.717) is 28.3 Å². The Bertz CT molecular complexity index is 4510. The summed E-state index contributed by atoms with van der Waals surface area (Å²) >= 11 is 0. The van der Waals surface area contributed by atoms with Gasteiger partial charge in [-0.05, 0) is 54.6 Å². The van der Waals surface area contributed by atoms with Crippen LogP contribution in [-0.2, 0) is 0 Å². The number of benzene rings is 10. The Labute approximate surface area is 393 Å². The van der Waals surface area contributed by atoms with E-state index in [0.717, 1.165) is 115 Å². The number of nitriles is 1. The van der Waals surface area contributed by atoms with E-state index in [4.69, 9.17) is 9.26 Å². The number of aromatic nitrogens is 4. The Morgan fingerprint density at radius 1 is 0.333 bits per heavy atom. The number of para-hydroxylation sites is 8. The molecule has 0 radical (unpaired) electrons. The zero-order chi connectivity index (χ0) is 45.5. The molecule has 318 valence electrons. The summed E-state index contributed by atoms with van der Waals surface area (Å²) in [5.74, 6) is 0. The van der Waals surface area contributed by atoms with Gasteiger partial charge in [0.1, 0.15) is 17.2 Å². The molecule has 0 unspecified atom stereocenters. The molecule has 15 rings (SSSR count). The molecule has 69 heavy (non-hydrogen) atoms. The van der Waals surface area contributed by atoms with Crippen LogP contribution in [0.2, 0.25) is 0 Å². The Hall–Kier alpha value is -9.82. The van der Waals surface area contributed by atoms with Crippen LogP contribution in [0.4, 0.5) is 5.69 Å². The van der Waals surface area contributed by atoms with Crippen molar-refractivity contribution in [2.75, 3.05) is 0 Å². The second-order valence-electron chi connectivity index (χ2n) is 17.8. The monoisotopic (exact) mass is 878 g/mol. The standard InChI is InChI=1S/C62H34N6O/c1-64-58-59(68-54-32-16-8-24-43(54)45-34-46-44-25-9-17-33-56(44)69-57(46)35-55(45)68)47(36-63)60(65-48-26-10-2-18-37(48)38-19-3-11-27-49(38)65)62(67-52-30-14-6-22-41(52)42-23-7-15-31-53(42)67)61(58)66-50-28-12-4-20-39(50)40-21-5-13-29-51(40)66/h2-35H. The third kappa shape index (κ3) is 4.87. The Morgan fingerprint density at radius 2 is 0.681 bits per heavy atom. The molecule has 0 aliphatic carbocycles. The van der Waals surface area contributed by atoms with Crippen molar-refractivity contribution in [1.82, 2.24) is 18.3 Å². The van der Waals surface area contributed by atoms with Gasteiger partial charge in [0.25, 0.3) is 0 Å². The molecule has 0 amide bonds. The molecule has 5 aromatic heterocycles. The van der Waals surface area contributed by atoms with Gasteiger partial charge in [0.2, 0.25) is 5.69 Å². The third-order valence-electron chi connectivity index (χ3n) is 14.4. The maximum atomic E-state index is 12.4. The number of hydrogen-bond donors (Lipinski definition) is 0. The van der Waals surface area contributed by atoms with Gasteiger partial charge >= 0.3 is 0 Å². The quantitative estimate of drug-likeness (QED) is 0.165. The molecular weight excluding hydrogens is 845 g/mol. The van der Waals surface area contributed by atoms with E-state index in [1.807, 2.05) is 24.3 Å². The first-order valence-corrected chi connectivity index (χ1v) is 23.0. The van der Waals surface area contributed by atoms with Gasteiger partial charge in [-0.2, -0.15) is 5.26 Å². The molecular formula is C62H34N6O. The predicted molar refractivity (Wildman–Crippen MR) is 282 cm³/mol. The Morgan fingerprint density at radius 3 is 1.10 bits per heavy atom. The van der Waals surface area contributed by atoms with Crippen LogP contribution >= 0.6 is 0 Å². The van der Waals surface area contributed by atoms with Gasteiger partial charge in [0.15, 0.2) is 0 Å². The zero-order valence-electron chi connectivity index (χ0n) is 36.7. The highest BCUT2D eigenvalue weighted by atomic mass is 16.3. The Kier molecular flexibility index (Phi) is 7.51. The van der Waals surface area contributed by atoms with Gasteiger partial charge in [0.05, 0.1) is 79.0 Å². The molecule has 0 fully saturated rings. The van der Waals surface area contributed by atoms with Gasteiger partial charge in [-0.1, -0.05) is 146 Å². The summed E-state index contributed by atoms with van der Waals surface area (Å²) < 4.78 is 15.7. The van der Waals surface area contributed by atoms with Crippen molar-refractivity contribution >= 4 is 115 Å². The smallest absolute Gasteiger partial charge is 0.237 e. The molecule has 10 aromatic carbocycles. The number of hydrogen-bond acceptors (Lipinski definition) is 2. The summed E-state index contributed by atoms with van der Waals surface area (Å²) in [7, 11) is 0. The van der Waals surface area contributed by atoms with E-state index in [1.165, 1.54) is 0 Å². The van der Waals surface area contributed by atoms with Crippen molar-refractivity contribution < 1.29 is 4.42 Å². The van der Waals surface area contributed by atoms with E-state index in [9.17, 15) is 11.8 Å². The first-order valence-electron chi connectivity index (χ1n) is 23.0. The molecule has 0 bridgehead atoms. The summed E-state index contributed by atoms with van der Waals surface area (Å²) in [6, 6.07) is 74.4. The van der Waals surface area contributed by atoms with Crippen LogP contribution in [0.25, 0.3) is 137 Å². The van der Waals surface area contributed by atoms with E-state index >= 15 is 0 Å². The fourth-order valence-electron chi connectivity index (χ4n) is 11.7. The van der Waals surface area contributed by atoms with Crippen molar-refractivity contribution in [2.45, 2.75) is 0 Å². The molecule has 0 spiro atoms. The van der Waals surface area contributed by atoms with Crippen molar-refractivity contribution in [3.05, 3.63) is 223 Å². The molecule has 15 aromatic rings. The number of nitrogens with zero attached hydrogens (tertiary/aromatic N) is 6. The molecule has 0 aliphatic rings. The van der Waals surface area contributed by atoms with Crippen LogP contribution in [0.5, 0.6) is 0 Å². The summed E-state index contributed by atoms with van der Waals surface area (Å²) in [6.07, 6.45) is 0. The third-order valence-corrected chi connectivity index (χ3v) is 14.4. The van der Waals surface area contributed by atoms with E-state index < -0.39 is 0 Å². The van der Waals surface area contributed by atoms with Gasteiger partial charge in [-0.15, -0.1) is 0 Å². The zero-order valence-corrected chi connectivity index (χ0v) is 36.7. The van der Waals surface area contributed by atoms with Gasteiger partial charge in [-0.25, -0.2) is 4.85 Å². The van der Waals surface area contributed by atoms with Crippen molar-refractivity contribution in [2.24, 2.45) is 0 Å². The number of fused-ring (bicyclic) bond motifs is 15. The highest BCUT2D eigenvalue weighted by molar-refractivity contribution is 6.20. The fourth-order valence-corrected chi connectivity index (χ4v) is 11.7. The normalized spacial score (nSPS) is 12.0. The topological polar surface area (TPSA) is 61.0 Å². The summed E-state index contributed by atoms with van der Waals surface area (Å²) in [5.41, 5.74) is 12.2. The van der Waals surface area contributed by atoms with E-state index in [2.05, 4.69) is 206 Å². The second kappa shape index (κ2) is 13.9. The number of rotatable bonds is 4. The number of furan rings is 1. The second-order valence-corrected chi connectivity index (χ2v) is 17.8. The average Bonchev–Trinajstić information content (AvgIpc) is 4.20. The predicted octanol–water partition coefficient (Wildman–Crippen LogP) is 16.4. The average molecular weight is 879 g/mol. The highest BCUT2D eigenvalue weighted by Gasteiger charge is 2.34. The van der Waals surface area contributed by atoms with Gasteiger partial charge in [0, 0.05) is 59.9 Å². The minimum absolute atomic E-state index is 0.340. The van der Waals surface area contributed by atoms with Crippen LogP contribution < -0.4 is 0 Å². The van der Waals surface area contributed by atoms with Crippen molar-refractivity contribution in [1.29, 1.82) is 5.26 Å². The first kappa shape index (κ1) is 37.4. The largest absolute Gasteiger partial charge is 0.456 e. The maximum absolute atomic E-state index is 12.4. The van der Waals surface area contributed by atoms with Crippen LogP contribution in [0.15, 0.2) is 211 Å². The van der Waals surface area contributed by atoms with Gasteiger partial charge < -0.3 is 22.7 Å². The van der Waals surface area contributed by atoms with Crippen LogP contribution in [0.3, 0.4) is 0 Å².